The fraction of sp³-hybridized carbons (Fsp3) is 0. The summed E-state index contributed by atoms with van der Waals surface area (Å²) in [5.41, 5.74) is -0.00931. The Morgan fingerprint density at radius 1 is 1.47 bits per heavy atom. The van der Waals surface area contributed by atoms with Gasteiger partial charge in [-0.15, -0.1) is 11.3 Å². The minimum atomic E-state index is -1.28. The molecule has 1 heterocycles. The molecule has 76 valence electrons. The van der Waals surface area contributed by atoms with Crippen molar-refractivity contribution in [3.8, 4) is 10.6 Å². The highest BCUT2D eigenvalue weighted by Gasteiger charge is 2.17. The number of halogens is 1. The summed E-state index contributed by atoms with van der Waals surface area (Å²) in [7, 11) is 0. The molecular weight excluding hydrogens is 217 g/mol. The lowest BCUT2D eigenvalue weighted by molar-refractivity contribution is 0.0693. The molecule has 0 saturated heterocycles. The fourth-order valence-electron chi connectivity index (χ4n) is 1.28. The number of carbonyl (C=O) groups is 1. The number of carboxylic acid groups (broad SMARTS) is 1. The van der Waals surface area contributed by atoms with Gasteiger partial charge in [-0.3, -0.25) is 0 Å². The molecule has 0 saturated carbocycles. The number of rotatable bonds is 2. The number of benzene rings is 1. The van der Waals surface area contributed by atoms with Gasteiger partial charge >= 0.3 is 5.97 Å². The maximum absolute atomic E-state index is 13.3. The average molecular weight is 223 g/mol. The van der Waals surface area contributed by atoms with Crippen molar-refractivity contribution in [1.29, 1.82) is 0 Å². The van der Waals surface area contributed by atoms with Crippen LogP contribution in [0.5, 0.6) is 0 Å². The zero-order valence-electron chi connectivity index (χ0n) is 7.48. The number of nitrogens with zero attached hydrogens (tertiary/aromatic N) is 1. The molecular formula is C10H6FNO2S. The second-order valence-corrected chi connectivity index (χ2v) is 3.70. The Bertz CT molecular complexity index is 496. The lowest BCUT2D eigenvalue weighted by atomic mass is 10.1. The van der Waals surface area contributed by atoms with Crippen molar-refractivity contribution in [3.63, 3.8) is 0 Å². The Kier molecular flexibility index (Phi) is 2.47. The summed E-state index contributed by atoms with van der Waals surface area (Å²) in [6.45, 7) is 0. The normalized spacial score (nSPS) is 10.2. The van der Waals surface area contributed by atoms with Crippen molar-refractivity contribution in [2.75, 3.05) is 0 Å². The van der Waals surface area contributed by atoms with Gasteiger partial charge in [-0.2, -0.15) is 0 Å². The van der Waals surface area contributed by atoms with Gasteiger partial charge in [-0.25, -0.2) is 14.2 Å². The van der Waals surface area contributed by atoms with Crippen LogP contribution in [0.2, 0.25) is 0 Å². The first kappa shape index (κ1) is 9.79. The average Bonchev–Trinajstić information content (AvgIpc) is 2.69. The largest absolute Gasteiger partial charge is 0.478 e. The number of hydrogen-bond acceptors (Lipinski definition) is 3. The number of aromatic carboxylic acids is 1. The molecule has 0 aliphatic rings. The highest BCUT2D eigenvalue weighted by molar-refractivity contribution is 7.13. The van der Waals surface area contributed by atoms with Crippen molar-refractivity contribution in [3.05, 3.63) is 41.2 Å². The molecule has 0 aliphatic heterocycles. The third-order valence-electron chi connectivity index (χ3n) is 1.89. The highest BCUT2D eigenvalue weighted by Crippen LogP contribution is 2.27. The van der Waals surface area contributed by atoms with Crippen molar-refractivity contribution < 1.29 is 14.3 Å². The first-order valence-electron chi connectivity index (χ1n) is 4.12. The summed E-state index contributed by atoms with van der Waals surface area (Å²) in [5, 5.41) is 11.1. The van der Waals surface area contributed by atoms with Crippen molar-refractivity contribution >= 4 is 17.3 Å². The Morgan fingerprint density at radius 2 is 2.27 bits per heavy atom. The van der Waals surface area contributed by atoms with Gasteiger partial charge in [0.2, 0.25) is 0 Å². The molecule has 1 aromatic carbocycles. The molecule has 0 fully saturated rings. The quantitative estimate of drug-likeness (QED) is 0.851. The maximum Gasteiger partial charge on any atom is 0.339 e. The Balaban J connectivity index is 2.66. The monoisotopic (exact) mass is 223 g/mol. The molecule has 0 bridgehead atoms. The minimum absolute atomic E-state index is 0.317. The van der Waals surface area contributed by atoms with Crippen LogP contribution in [0, 0.1) is 5.82 Å². The van der Waals surface area contributed by atoms with Crippen LogP contribution in [-0.2, 0) is 0 Å². The molecule has 0 unspecified atom stereocenters. The van der Waals surface area contributed by atoms with E-state index in [0.29, 0.717) is 10.6 Å². The van der Waals surface area contributed by atoms with Gasteiger partial charge in [0.1, 0.15) is 16.4 Å². The van der Waals surface area contributed by atoms with E-state index in [0.717, 1.165) is 6.07 Å². The molecule has 0 radical (unpaired) electrons. The Labute approximate surface area is 88.8 Å². The van der Waals surface area contributed by atoms with E-state index in [4.69, 9.17) is 5.11 Å². The standard InChI is InChI=1S/C10H6FNO2S/c11-7-3-1-2-6(8(7)10(13)14)9-12-4-5-15-9/h1-5H,(H,13,14). The van der Waals surface area contributed by atoms with Crippen molar-refractivity contribution in [2.24, 2.45) is 0 Å². The van der Waals surface area contributed by atoms with Crippen LogP contribution in [0.25, 0.3) is 10.6 Å². The van der Waals surface area contributed by atoms with E-state index in [2.05, 4.69) is 4.98 Å². The van der Waals surface area contributed by atoms with Crippen LogP contribution in [0.1, 0.15) is 10.4 Å². The number of carboxylic acids is 1. The van der Waals surface area contributed by atoms with E-state index in [9.17, 15) is 9.18 Å². The van der Waals surface area contributed by atoms with Crippen molar-refractivity contribution in [2.45, 2.75) is 0 Å². The lowest BCUT2D eigenvalue weighted by Crippen LogP contribution is -2.03. The van der Waals surface area contributed by atoms with E-state index < -0.39 is 11.8 Å². The second kappa shape index (κ2) is 3.78. The van der Waals surface area contributed by atoms with E-state index in [1.807, 2.05) is 0 Å². The molecule has 0 atom stereocenters. The molecule has 1 aromatic heterocycles. The van der Waals surface area contributed by atoms with Crippen LogP contribution < -0.4 is 0 Å². The molecule has 0 spiro atoms. The van der Waals surface area contributed by atoms with Gasteiger partial charge in [0.25, 0.3) is 0 Å². The van der Waals surface area contributed by atoms with Gasteiger partial charge in [-0.1, -0.05) is 12.1 Å². The molecule has 3 nitrogen and oxygen atoms in total. The van der Waals surface area contributed by atoms with E-state index in [1.54, 1.807) is 17.6 Å². The first-order chi connectivity index (χ1) is 7.20. The summed E-state index contributed by atoms with van der Waals surface area (Å²) in [5.74, 6) is -2.02. The molecule has 2 aromatic rings. The van der Waals surface area contributed by atoms with Crippen LogP contribution in [0.3, 0.4) is 0 Å². The molecule has 1 N–H and O–H groups in total. The highest BCUT2D eigenvalue weighted by atomic mass is 32.1. The van der Waals surface area contributed by atoms with Crippen LogP contribution in [-0.4, -0.2) is 16.1 Å². The molecule has 0 amide bonds. The predicted octanol–water partition coefficient (Wildman–Crippen LogP) is 2.65. The van der Waals surface area contributed by atoms with Gasteiger partial charge in [0.15, 0.2) is 0 Å². The molecule has 15 heavy (non-hydrogen) atoms. The topological polar surface area (TPSA) is 50.2 Å². The van der Waals surface area contributed by atoms with Crippen LogP contribution in [0.15, 0.2) is 29.8 Å². The minimum Gasteiger partial charge on any atom is -0.478 e. The van der Waals surface area contributed by atoms with E-state index in [-0.39, 0.29) is 5.56 Å². The van der Waals surface area contributed by atoms with E-state index in [1.165, 1.54) is 17.4 Å². The van der Waals surface area contributed by atoms with Gasteiger partial charge in [0.05, 0.1) is 0 Å². The number of hydrogen-bond donors (Lipinski definition) is 1. The smallest absolute Gasteiger partial charge is 0.339 e. The van der Waals surface area contributed by atoms with Crippen LogP contribution >= 0.6 is 11.3 Å². The third kappa shape index (κ3) is 1.73. The summed E-state index contributed by atoms with van der Waals surface area (Å²) < 4.78 is 13.3. The fourth-order valence-corrected chi connectivity index (χ4v) is 1.95. The van der Waals surface area contributed by atoms with E-state index >= 15 is 0 Å². The molecule has 2 rings (SSSR count). The zero-order valence-corrected chi connectivity index (χ0v) is 8.29. The third-order valence-corrected chi connectivity index (χ3v) is 2.70. The first-order valence-corrected chi connectivity index (χ1v) is 5.00. The summed E-state index contributed by atoms with van der Waals surface area (Å²) in [6, 6.07) is 4.14. The van der Waals surface area contributed by atoms with Crippen LogP contribution in [0.4, 0.5) is 4.39 Å². The Hall–Kier alpha value is -1.75. The summed E-state index contributed by atoms with van der Waals surface area (Å²) >= 11 is 1.28. The van der Waals surface area contributed by atoms with Gasteiger partial charge in [-0.05, 0) is 6.07 Å². The maximum atomic E-state index is 13.3. The lowest BCUT2D eigenvalue weighted by Gasteiger charge is -2.03. The SMILES string of the molecule is O=C(O)c1c(F)cccc1-c1nccs1. The number of thiazole rings is 1. The van der Waals surface area contributed by atoms with Crippen molar-refractivity contribution in [1.82, 2.24) is 4.98 Å². The summed E-state index contributed by atoms with van der Waals surface area (Å²) in [6.07, 6.45) is 1.55. The molecule has 0 aliphatic carbocycles. The Morgan fingerprint density at radius 3 is 2.87 bits per heavy atom. The second-order valence-electron chi connectivity index (χ2n) is 2.80. The summed E-state index contributed by atoms with van der Waals surface area (Å²) in [4.78, 5) is 14.8. The predicted molar refractivity (Wildman–Crippen MR) is 54.5 cm³/mol. The van der Waals surface area contributed by atoms with Gasteiger partial charge in [0, 0.05) is 17.1 Å². The zero-order chi connectivity index (χ0) is 10.8. The van der Waals surface area contributed by atoms with Gasteiger partial charge < -0.3 is 5.11 Å². The number of aromatic nitrogens is 1. The molecule has 5 heteroatoms.